The van der Waals surface area contributed by atoms with Crippen LogP contribution in [-0.2, 0) is 14.3 Å². The van der Waals surface area contributed by atoms with E-state index < -0.39 is 17.7 Å². The number of benzene rings is 1. The Balaban J connectivity index is 1.87. The lowest BCUT2D eigenvalue weighted by Crippen LogP contribution is -2.31. The van der Waals surface area contributed by atoms with Crippen molar-refractivity contribution in [2.24, 2.45) is 0 Å². The van der Waals surface area contributed by atoms with Crippen LogP contribution >= 0.6 is 0 Å². The highest BCUT2D eigenvalue weighted by Gasteiger charge is 2.46. The number of rotatable bonds is 8. The molecule has 1 N–H and O–H groups in total. The third-order valence-corrected chi connectivity index (χ3v) is 5.72. The molecule has 1 saturated heterocycles. The summed E-state index contributed by atoms with van der Waals surface area (Å²) in [6.07, 6.45) is 2.33. The third kappa shape index (κ3) is 4.09. The van der Waals surface area contributed by atoms with Gasteiger partial charge in [-0.2, -0.15) is 0 Å². The van der Waals surface area contributed by atoms with E-state index in [1.807, 2.05) is 37.3 Å². The number of aliphatic hydroxyl groups is 1. The van der Waals surface area contributed by atoms with Crippen LogP contribution in [0.3, 0.4) is 0 Å². The molecular weight excluding hydrogens is 422 g/mol. The Morgan fingerprint density at radius 1 is 1.15 bits per heavy atom. The summed E-state index contributed by atoms with van der Waals surface area (Å²) in [5.74, 6) is -0.903. The van der Waals surface area contributed by atoms with Crippen LogP contribution in [0, 0.1) is 6.92 Å². The first-order valence-electron chi connectivity index (χ1n) is 10.9. The number of carbonyl (C=O) groups is 2. The van der Waals surface area contributed by atoms with Gasteiger partial charge < -0.3 is 19.5 Å². The van der Waals surface area contributed by atoms with Gasteiger partial charge in [-0.05, 0) is 50.1 Å². The first-order chi connectivity index (χ1) is 16.0. The number of nitrogens with zero attached hydrogens (tertiary/aromatic N) is 3. The number of aliphatic hydroxyl groups excluding tert-OH is 1. The minimum absolute atomic E-state index is 0.0512. The van der Waals surface area contributed by atoms with E-state index in [0.29, 0.717) is 54.5 Å². The molecule has 3 aromatic rings. The second-order valence-corrected chi connectivity index (χ2v) is 7.82. The monoisotopic (exact) mass is 449 g/mol. The highest BCUT2D eigenvalue weighted by Crippen LogP contribution is 2.40. The lowest BCUT2D eigenvalue weighted by atomic mass is 9.96. The molecule has 1 atom stereocenters. The summed E-state index contributed by atoms with van der Waals surface area (Å²) in [4.78, 5) is 32.2. The van der Waals surface area contributed by atoms with Gasteiger partial charge in [0.05, 0.1) is 23.9 Å². The first kappa shape index (κ1) is 22.5. The maximum Gasteiger partial charge on any atom is 0.295 e. The molecule has 3 heterocycles. The Labute approximate surface area is 192 Å². The SMILES string of the molecule is CCOc1ccc(C2/C(=C(\O)c3c(C)nc4ccccn34)C(=O)C(=O)N2CCCOC)cc1. The van der Waals surface area contributed by atoms with Crippen molar-refractivity contribution in [3.8, 4) is 5.75 Å². The maximum atomic E-state index is 13.2. The zero-order valence-corrected chi connectivity index (χ0v) is 18.9. The number of amides is 1. The van der Waals surface area contributed by atoms with Crippen molar-refractivity contribution in [2.75, 3.05) is 26.9 Å². The number of fused-ring (bicyclic) bond motifs is 1. The zero-order chi connectivity index (χ0) is 23.5. The van der Waals surface area contributed by atoms with E-state index in [-0.39, 0.29) is 11.3 Å². The molecule has 8 heteroatoms. The van der Waals surface area contributed by atoms with Crippen molar-refractivity contribution in [1.82, 2.24) is 14.3 Å². The number of aryl methyl sites for hydroxylation is 1. The predicted molar refractivity (Wildman–Crippen MR) is 123 cm³/mol. The summed E-state index contributed by atoms with van der Waals surface area (Å²) in [6, 6.07) is 12.0. The molecule has 0 saturated carbocycles. The van der Waals surface area contributed by atoms with E-state index >= 15 is 0 Å². The van der Waals surface area contributed by atoms with Gasteiger partial charge in [0, 0.05) is 26.5 Å². The molecule has 1 aliphatic heterocycles. The van der Waals surface area contributed by atoms with Crippen LogP contribution in [0.1, 0.15) is 36.3 Å². The van der Waals surface area contributed by atoms with Crippen molar-refractivity contribution < 1.29 is 24.2 Å². The standard InChI is InChI=1S/C25H27N3O5/c1-4-33-18-11-9-17(10-12-18)22-20(24(30)25(31)28(22)14-7-15-32-3)23(29)21-16(2)26-19-8-5-6-13-27(19)21/h5-6,8-13,22,29H,4,7,14-15H2,1-3H3/b23-20+. The third-order valence-electron chi connectivity index (χ3n) is 5.72. The second kappa shape index (κ2) is 9.46. The zero-order valence-electron chi connectivity index (χ0n) is 18.9. The Bertz CT molecular complexity index is 1210. The molecule has 0 radical (unpaired) electrons. The number of ether oxygens (including phenoxy) is 2. The van der Waals surface area contributed by atoms with E-state index in [1.165, 1.54) is 4.90 Å². The summed E-state index contributed by atoms with van der Waals surface area (Å²) in [5.41, 5.74) is 2.37. The summed E-state index contributed by atoms with van der Waals surface area (Å²) in [6.45, 7) is 4.96. The summed E-state index contributed by atoms with van der Waals surface area (Å²) < 4.78 is 12.4. The summed E-state index contributed by atoms with van der Waals surface area (Å²) in [7, 11) is 1.59. The molecule has 0 spiro atoms. The fraction of sp³-hybridized carbons (Fsp3) is 0.320. The number of carbonyl (C=O) groups excluding carboxylic acids is 2. The van der Waals surface area contributed by atoms with Crippen LogP contribution in [-0.4, -0.2) is 57.9 Å². The molecular formula is C25H27N3O5. The number of aromatic nitrogens is 2. The molecule has 1 aromatic carbocycles. The predicted octanol–water partition coefficient (Wildman–Crippen LogP) is 3.50. The Morgan fingerprint density at radius 2 is 1.91 bits per heavy atom. The smallest absolute Gasteiger partial charge is 0.295 e. The topological polar surface area (TPSA) is 93.4 Å². The molecule has 1 unspecified atom stereocenters. The lowest BCUT2D eigenvalue weighted by molar-refractivity contribution is -0.140. The largest absolute Gasteiger partial charge is 0.505 e. The number of pyridine rings is 1. The highest BCUT2D eigenvalue weighted by molar-refractivity contribution is 6.46. The van der Waals surface area contributed by atoms with Crippen LogP contribution in [0.2, 0.25) is 0 Å². The molecule has 33 heavy (non-hydrogen) atoms. The van der Waals surface area contributed by atoms with Gasteiger partial charge in [-0.3, -0.25) is 14.0 Å². The van der Waals surface area contributed by atoms with Crippen molar-refractivity contribution in [3.63, 3.8) is 0 Å². The number of hydrogen-bond donors (Lipinski definition) is 1. The molecule has 172 valence electrons. The fourth-order valence-corrected chi connectivity index (χ4v) is 4.28. The fourth-order valence-electron chi connectivity index (χ4n) is 4.28. The van der Waals surface area contributed by atoms with Crippen LogP contribution in [0.15, 0.2) is 54.2 Å². The molecule has 2 aromatic heterocycles. The Kier molecular flexibility index (Phi) is 6.46. The quantitative estimate of drug-likeness (QED) is 0.245. The van der Waals surface area contributed by atoms with Crippen molar-refractivity contribution in [2.45, 2.75) is 26.3 Å². The van der Waals surface area contributed by atoms with Crippen LogP contribution in [0.5, 0.6) is 5.75 Å². The van der Waals surface area contributed by atoms with E-state index in [4.69, 9.17) is 9.47 Å². The number of hydrogen-bond acceptors (Lipinski definition) is 6. The van der Waals surface area contributed by atoms with E-state index in [9.17, 15) is 14.7 Å². The maximum absolute atomic E-state index is 13.2. The molecule has 4 rings (SSSR count). The Hall–Kier alpha value is -3.65. The van der Waals surface area contributed by atoms with Gasteiger partial charge in [-0.15, -0.1) is 0 Å². The summed E-state index contributed by atoms with van der Waals surface area (Å²) >= 11 is 0. The molecule has 1 fully saturated rings. The average molecular weight is 450 g/mol. The van der Waals surface area contributed by atoms with Gasteiger partial charge in [-0.25, -0.2) is 4.98 Å². The Morgan fingerprint density at radius 3 is 2.61 bits per heavy atom. The van der Waals surface area contributed by atoms with Gasteiger partial charge in [0.15, 0.2) is 5.76 Å². The van der Waals surface area contributed by atoms with Gasteiger partial charge in [0.2, 0.25) is 0 Å². The molecule has 1 amide bonds. The second-order valence-electron chi connectivity index (χ2n) is 7.82. The minimum atomic E-state index is -0.730. The first-order valence-corrected chi connectivity index (χ1v) is 10.9. The van der Waals surface area contributed by atoms with Crippen molar-refractivity contribution in [1.29, 1.82) is 0 Å². The van der Waals surface area contributed by atoms with Crippen LogP contribution in [0.25, 0.3) is 11.4 Å². The number of imidazole rings is 1. The van der Waals surface area contributed by atoms with Gasteiger partial charge in [-0.1, -0.05) is 18.2 Å². The number of Topliss-reactive ketones (excluding diaryl/α,β-unsaturated/α-hetero) is 1. The van der Waals surface area contributed by atoms with Gasteiger partial charge in [0.25, 0.3) is 11.7 Å². The number of likely N-dealkylation sites (tertiary alicyclic amines) is 1. The van der Waals surface area contributed by atoms with Gasteiger partial charge in [0.1, 0.15) is 17.1 Å². The molecule has 0 bridgehead atoms. The van der Waals surface area contributed by atoms with Crippen LogP contribution < -0.4 is 4.74 Å². The van der Waals surface area contributed by atoms with Crippen molar-refractivity contribution in [3.05, 3.63) is 71.2 Å². The van der Waals surface area contributed by atoms with Gasteiger partial charge >= 0.3 is 0 Å². The van der Waals surface area contributed by atoms with Crippen LogP contribution in [0.4, 0.5) is 0 Å². The number of ketones is 1. The molecule has 0 aliphatic carbocycles. The van der Waals surface area contributed by atoms with E-state index in [1.54, 1.807) is 36.8 Å². The number of methoxy groups -OCH3 is 1. The normalized spacial score (nSPS) is 17.8. The molecule has 1 aliphatic rings. The average Bonchev–Trinajstić information content (AvgIpc) is 3.28. The lowest BCUT2D eigenvalue weighted by Gasteiger charge is -2.25. The van der Waals surface area contributed by atoms with E-state index in [0.717, 1.165) is 0 Å². The van der Waals surface area contributed by atoms with E-state index in [2.05, 4.69) is 4.98 Å². The minimum Gasteiger partial charge on any atom is -0.505 e. The summed E-state index contributed by atoms with van der Waals surface area (Å²) in [5, 5.41) is 11.4. The molecule has 8 nitrogen and oxygen atoms in total. The highest BCUT2D eigenvalue weighted by atomic mass is 16.5. The van der Waals surface area contributed by atoms with Crippen molar-refractivity contribution >= 4 is 23.1 Å².